The predicted octanol–water partition coefficient (Wildman–Crippen LogP) is 4.92. The number of hydrogen-bond acceptors (Lipinski definition) is 3. The Labute approximate surface area is 139 Å². The van der Waals surface area contributed by atoms with Crippen molar-refractivity contribution >= 4 is 11.5 Å². The molecule has 0 atom stereocenters. The molecule has 0 spiro atoms. The van der Waals surface area contributed by atoms with Gasteiger partial charge in [0.05, 0.1) is 14.2 Å². The normalized spacial score (nSPS) is 11.3. The van der Waals surface area contributed by atoms with Crippen LogP contribution >= 0.6 is 0 Å². The lowest BCUT2D eigenvalue weighted by Crippen LogP contribution is -1.97. The van der Waals surface area contributed by atoms with Crippen molar-refractivity contribution in [2.45, 2.75) is 51.9 Å². The van der Waals surface area contributed by atoms with Crippen LogP contribution in [0.15, 0.2) is 24.3 Å². The Kier molecular flexibility index (Phi) is 8.88. The van der Waals surface area contributed by atoms with E-state index in [-0.39, 0.29) is 0 Å². The first-order valence-electron chi connectivity index (χ1n) is 8.28. The molecular weight excluding hydrogens is 292 g/mol. The molecule has 0 saturated heterocycles. The number of benzene rings is 1. The van der Waals surface area contributed by atoms with E-state index in [0.29, 0.717) is 11.5 Å². The Morgan fingerprint density at radius 2 is 1.78 bits per heavy atom. The van der Waals surface area contributed by atoms with Gasteiger partial charge >= 0.3 is 5.97 Å². The van der Waals surface area contributed by atoms with Gasteiger partial charge < -0.3 is 14.6 Å². The van der Waals surface area contributed by atoms with E-state index in [1.165, 1.54) is 31.8 Å². The lowest BCUT2D eigenvalue weighted by Gasteiger charge is -2.13. The van der Waals surface area contributed by atoms with Crippen LogP contribution in [0.2, 0.25) is 0 Å². The SMILES string of the molecule is CCCCCCCC/C(=C/C(=O)O)c1ccc(OC)cc1OC. The van der Waals surface area contributed by atoms with Gasteiger partial charge in [-0.05, 0) is 30.5 Å². The summed E-state index contributed by atoms with van der Waals surface area (Å²) in [6, 6.07) is 5.48. The second-order valence-corrected chi connectivity index (χ2v) is 5.59. The lowest BCUT2D eigenvalue weighted by molar-refractivity contribution is -0.131. The van der Waals surface area contributed by atoms with E-state index >= 15 is 0 Å². The molecule has 0 bridgehead atoms. The summed E-state index contributed by atoms with van der Waals surface area (Å²) in [6.07, 6.45) is 9.08. The van der Waals surface area contributed by atoms with Crippen molar-refractivity contribution in [3.63, 3.8) is 0 Å². The zero-order valence-electron chi connectivity index (χ0n) is 14.4. The highest BCUT2D eigenvalue weighted by Crippen LogP contribution is 2.32. The maximum atomic E-state index is 11.1. The van der Waals surface area contributed by atoms with Gasteiger partial charge in [-0.15, -0.1) is 0 Å². The summed E-state index contributed by atoms with van der Waals surface area (Å²) in [5, 5.41) is 9.14. The maximum absolute atomic E-state index is 11.1. The largest absolute Gasteiger partial charge is 0.497 e. The molecule has 0 aliphatic carbocycles. The zero-order valence-corrected chi connectivity index (χ0v) is 14.4. The predicted molar refractivity (Wildman–Crippen MR) is 93.2 cm³/mol. The van der Waals surface area contributed by atoms with Crippen LogP contribution in [-0.4, -0.2) is 25.3 Å². The van der Waals surface area contributed by atoms with Crippen molar-refractivity contribution in [2.75, 3.05) is 14.2 Å². The standard InChI is InChI=1S/C19H28O4/c1-4-5-6-7-8-9-10-15(13-19(20)21)17-12-11-16(22-2)14-18(17)23-3/h11-14H,4-10H2,1-3H3,(H,20,21)/b15-13-. The molecule has 0 aliphatic rings. The summed E-state index contributed by atoms with van der Waals surface area (Å²) in [5.74, 6) is 0.409. The van der Waals surface area contributed by atoms with E-state index < -0.39 is 5.97 Å². The Morgan fingerprint density at radius 3 is 2.39 bits per heavy atom. The Bertz CT molecular complexity index is 520. The number of hydrogen-bond donors (Lipinski definition) is 1. The van der Waals surface area contributed by atoms with Crippen LogP contribution < -0.4 is 9.47 Å². The third-order valence-corrected chi connectivity index (χ3v) is 3.85. The molecule has 0 saturated carbocycles. The minimum atomic E-state index is -0.927. The fourth-order valence-electron chi connectivity index (χ4n) is 2.59. The summed E-state index contributed by atoms with van der Waals surface area (Å²) in [7, 11) is 3.18. The molecular formula is C19H28O4. The Balaban J connectivity index is 2.80. The van der Waals surface area contributed by atoms with Crippen LogP contribution in [0, 0.1) is 0 Å². The van der Waals surface area contributed by atoms with Crippen molar-refractivity contribution < 1.29 is 19.4 Å². The molecule has 1 N–H and O–H groups in total. The maximum Gasteiger partial charge on any atom is 0.328 e. The monoisotopic (exact) mass is 320 g/mol. The smallest absolute Gasteiger partial charge is 0.328 e. The first kappa shape index (κ1) is 19.1. The van der Waals surface area contributed by atoms with Crippen LogP contribution in [0.4, 0.5) is 0 Å². The molecule has 0 aromatic heterocycles. The Hall–Kier alpha value is -1.97. The van der Waals surface area contributed by atoms with Crippen LogP contribution in [-0.2, 0) is 4.79 Å². The number of carboxylic acids is 1. The molecule has 0 amide bonds. The van der Waals surface area contributed by atoms with Crippen molar-refractivity contribution in [3.8, 4) is 11.5 Å². The molecule has 1 aromatic carbocycles. The molecule has 0 unspecified atom stereocenters. The molecule has 1 rings (SSSR count). The first-order valence-corrected chi connectivity index (χ1v) is 8.28. The molecule has 4 heteroatoms. The van der Waals surface area contributed by atoms with E-state index in [0.717, 1.165) is 30.4 Å². The number of carboxylic acid groups (broad SMARTS) is 1. The fourth-order valence-corrected chi connectivity index (χ4v) is 2.59. The van der Waals surface area contributed by atoms with Gasteiger partial charge in [0.1, 0.15) is 11.5 Å². The molecule has 128 valence electrons. The van der Waals surface area contributed by atoms with Crippen molar-refractivity contribution in [2.24, 2.45) is 0 Å². The number of rotatable bonds is 11. The highest BCUT2D eigenvalue weighted by molar-refractivity contribution is 5.91. The van der Waals surface area contributed by atoms with Crippen LogP contribution in [0.3, 0.4) is 0 Å². The van der Waals surface area contributed by atoms with Crippen molar-refractivity contribution in [1.82, 2.24) is 0 Å². The minimum Gasteiger partial charge on any atom is -0.497 e. The average Bonchev–Trinajstić information content (AvgIpc) is 2.56. The van der Waals surface area contributed by atoms with Gasteiger partial charge in [0.2, 0.25) is 0 Å². The molecule has 0 heterocycles. The van der Waals surface area contributed by atoms with Gasteiger partial charge in [0.15, 0.2) is 0 Å². The van der Waals surface area contributed by atoms with Gasteiger partial charge in [-0.25, -0.2) is 4.79 Å². The van der Waals surface area contributed by atoms with Crippen LogP contribution in [0.1, 0.15) is 57.4 Å². The molecule has 0 aliphatic heterocycles. The topological polar surface area (TPSA) is 55.8 Å². The fraction of sp³-hybridized carbons (Fsp3) is 0.526. The highest BCUT2D eigenvalue weighted by Gasteiger charge is 2.11. The van der Waals surface area contributed by atoms with E-state index in [1.807, 2.05) is 12.1 Å². The third kappa shape index (κ3) is 6.76. The minimum absolute atomic E-state index is 0.642. The summed E-state index contributed by atoms with van der Waals surface area (Å²) < 4.78 is 10.6. The van der Waals surface area contributed by atoms with Gasteiger partial charge in [-0.3, -0.25) is 0 Å². The highest BCUT2D eigenvalue weighted by atomic mass is 16.5. The van der Waals surface area contributed by atoms with Gasteiger partial charge in [0, 0.05) is 17.7 Å². The number of methoxy groups -OCH3 is 2. The zero-order chi connectivity index (χ0) is 17.1. The van der Waals surface area contributed by atoms with E-state index in [1.54, 1.807) is 20.3 Å². The van der Waals surface area contributed by atoms with E-state index in [2.05, 4.69) is 6.92 Å². The van der Waals surface area contributed by atoms with Gasteiger partial charge in [-0.1, -0.05) is 39.0 Å². The third-order valence-electron chi connectivity index (χ3n) is 3.85. The van der Waals surface area contributed by atoms with E-state index in [4.69, 9.17) is 14.6 Å². The van der Waals surface area contributed by atoms with Gasteiger partial charge in [-0.2, -0.15) is 0 Å². The van der Waals surface area contributed by atoms with Crippen molar-refractivity contribution in [3.05, 3.63) is 29.8 Å². The quantitative estimate of drug-likeness (QED) is 0.464. The van der Waals surface area contributed by atoms with Crippen molar-refractivity contribution in [1.29, 1.82) is 0 Å². The molecule has 0 fully saturated rings. The summed E-state index contributed by atoms with van der Waals surface area (Å²) >= 11 is 0. The second-order valence-electron chi connectivity index (χ2n) is 5.59. The van der Waals surface area contributed by atoms with Gasteiger partial charge in [0.25, 0.3) is 0 Å². The summed E-state index contributed by atoms with van der Waals surface area (Å²) in [5.41, 5.74) is 1.62. The number of carbonyl (C=O) groups is 1. The van der Waals surface area contributed by atoms with Crippen LogP contribution in [0.25, 0.3) is 5.57 Å². The number of ether oxygens (including phenoxy) is 2. The molecule has 0 radical (unpaired) electrons. The number of aliphatic carboxylic acids is 1. The molecule has 1 aromatic rings. The molecule has 4 nitrogen and oxygen atoms in total. The van der Waals surface area contributed by atoms with E-state index in [9.17, 15) is 4.79 Å². The Morgan fingerprint density at radius 1 is 1.09 bits per heavy atom. The average molecular weight is 320 g/mol. The summed E-state index contributed by atoms with van der Waals surface area (Å²) in [6.45, 7) is 2.20. The van der Waals surface area contributed by atoms with Crippen LogP contribution in [0.5, 0.6) is 11.5 Å². The number of allylic oxidation sites excluding steroid dienone is 1. The second kappa shape index (κ2) is 10.7. The first-order chi connectivity index (χ1) is 11.1. The number of unbranched alkanes of at least 4 members (excludes halogenated alkanes) is 5. The lowest BCUT2D eigenvalue weighted by atomic mass is 9.97. The molecule has 23 heavy (non-hydrogen) atoms. The summed E-state index contributed by atoms with van der Waals surface area (Å²) in [4.78, 5) is 11.1.